The Morgan fingerprint density at radius 2 is 1.59 bits per heavy atom. The van der Waals surface area contributed by atoms with E-state index in [1.54, 1.807) is 24.3 Å². The Balaban J connectivity index is 2.50. The van der Waals surface area contributed by atoms with E-state index in [0.29, 0.717) is 17.9 Å². The molecule has 0 aliphatic carbocycles. The predicted octanol–water partition coefficient (Wildman–Crippen LogP) is 1.19. The fraction of sp³-hybridized carbons (Fsp3) is 0.333. The van der Waals surface area contributed by atoms with Gasteiger partial charge in [-0.1, -0.05) is 6.92 Å². The Hall–Kier alpha value is -1.88. The number of carbonyl (C=O) groups is 2. The quantitative estimate of drug-likeness (QED) is 0.718. The highest BCUT2D eigenvalue weighted by atomic mass is 16.2. The van der Waals surface area contributed by atoms with Crippen LogP contribution in [0.3, 0.4) is 0 Å². The Labute approximate surface area is 101 Å². The van der Waals surface area contributed by atoms with Gasteiger partial charge in [0.2, 0.25) is 11.8 Å². The maximum absolute atomic E-state index is 11.4. The number of nitrogens with one attached hydrogen (secondary N) is 3. The fourth-order valence-electron chi connectivity index (χ4n) is 1.28. The van der Waals surface area contributed by atoms with Gasteiger partial charge in [0.05, 0.1) is 6.54 Å². The second-order valence-electron chi connectivity index (χ2n) is 3.59. The highest BCUT2D eigenvalue weighted by Gasteiger charge is 2.01. The SMILES string of the molecule is CCNCC(=O)Nc1ccc(NC(C)=O)cc1. The molecule has 0 saturated heterocycles. The van der Waals surface area contributed by atoms with Crippen LogP contribution in [-0.4, -0.2) is 24.9 Å². The average Bonchev–Trinajstić information content (AvgIpc) is 2.28. The minimum atomic E-state index is -0.117. The van der Waals surface area contributed by atoms with Crippen LogP contribution in [0.2, 0.25) is 0 Å². The van der Waals surface area contributed by atoms with Crippen molar-refractivity contribution in [3.05, 3.63) is 24.3 Å². The van der Waals surface area contributed by atoms with Crippen molar-refractivity contribution in [1.29, 1.82) is 0 Å². The largest absolute Gasteiger partial charge is 0.326 e. The maximum atomic E-state index is 11.4. The topological polar surface area (TPSA) is 70.2 Å². The number of carbonyl (C=O) groups excluding carboxylic acids is 2. The zero-order valence-electron chi connectivity index (χ0n) is 10.0. The Morgan fingerprint density at radius 1 is 1.06 bits per heavy atom. The van der Waals surface area contributed by atoms with Crippen molar-refractivity contribution >= 4 is 23.2 Å². The molecule has 0 aliphatic rings. The van der Waals surface area contributed by atoms with Gasteiger partial charge in [0.1, 0.15) is 0 Å². The van der Waals surface area contributed by atoms with Crippen LogP contribution in [-0.2, 0) is 9.59 Å². The zero-order valence-corrected chi connectivity index (χ0v) is 10.0. The zero-order chi connectivity index (χ0) is 12.7. The van der Waals surface area contributed by atoms with E-state index in [0.717, 1.165) is 6.54 Å². The van der Waals surface area contributed by atoms with Gasteiger partial charge in [-0.05, 0) is 30.8 Å². The Bertz CT molecular complexity index is 387. The average molecular weight is 235 g/mol. The van der Waals surface area contributed by atoms with Gasteiger partial charge in [0.15, 0.2) is 0 Å². The highest BCUT2D eigenvalue weighted by molar-refractivity contribution is 5.93. The summed E-state index contributed by atoms with van der Waals surface area (Å²) in [5.74, 6) is -0.201. The number of likely N-dealkylation sites (N-methyl/N-ethyl adjacent to an activating group) is 1. The van der Waals surface area contributed by atoms with E-state index in [2.05, 4.69) is 16.0 Å². The summed E-state index contributed by atoms with van der Waals surface area (Å²) in [7, 11) is 0. The van der Waals surface area contributed by atoms with Gasteiger partial charge >= 0.3 is 0 Å². The smallest absolute Gasteiger partial charge is 0.238 e. The van der Waals surface area contributed by atoms with Gasteiger partial charge in [-0.15, -0.1) is 0 Å². The molecule has 0 atom stereocenters. The molecule has 2 amide bonds. The molecule has 1 rings (SSSR count). The third kappa shape index (κ3) is 5.12. The normalized spacial score (nSPS) is 9.76. The van der Waals surface area contributed by atoms with E-state index in [1.807, 2.05) is 6.92 Å². The van der Waals surface area contributed by atoms with E-state index in [4.69, 9.17) is 0 Å². The van der Waals surface area contributed by atoms with E-state index in [1.165, 1.54) is 6.92 Å². The lowest BCUT2D eigenvalue weighted by Gasteiger charge is -2.07. The first-order chi connectivity index (χ1) is 8.11. The molecular formula is C12H17N3O2. The Morgan fingerprint density at radius 3 is 2.06 bits per heavy atom. The molecule has 0 aromatic heterocycles. The van der Waals surface area contributed by atoms with Crippen LogP contribution in [0.15, 0.2) is 24.3 Å². The van der Waals surface area contributed by atoms with Gasteiger partial charge in [-0.3, -0.25) is 9.59 Å². The second kappa shape index (κ2) is 6.65. The first-order valence-electron chi connectivity index (χ1n) is 5.50. The molecule has 0 fully saturated rings. The summed E-state index contributed by atoms with van der Waals surface area (Å²) < 4.78 is 0. The lowest BCUT2D eigenvalue weighted by molar-refractivity contribution is -0.115. The number of amides is 2. The van der Waals surface area contributed by atoms with Crippen LogP contribution in [0.4, 0.5) is 11.4 Å². The van der Waals surface area contributed by atoms with Gasteiger partial charge in [0, 0.05) is 18.3 Å². The molecule has 17 heavy (non-hydrogen) atoms. The van der Waals surface area contributed by atoms with Crippen molar-refractivity contribution in [3.63, 3.8) is 0 Å². The lowest BCUT2D eigenvalue weighted by Crippen LogP contribution is -2.27. The van der Waals surface area contributed by atoms with Crippen molar-refractivity contribution in [2.75, 3.05) is 23.7 Å². The summed E-state index contributed by atoms with van der Waals surface area (Å²) >= 11 is 0. The molecule has 92 valence electrons. The van der Waals surface area contributed by atoms with Crippen LogP contribution in [0.1, 0.15) is 13.8 Å². The summed E-state index contributed by atoms with van der Waals surface area (Å²) in [6.07, 6.45) is 0. The molecule has 1 aromatic carbocycles. The molecule has 0 saturated carbocycles. The van der Waals surface area contributed by atoms with Gasteiger partial charge < -0.3 is 16.0 Å². The van der Waals surface area contributed by atoms with Crippen molar-refractivity contribution in [2.45, 2.75) is 13.8 Å². The Kier molecular flexibility index (Phi) is 5.16. The van der Waals surface area contributed by atoms with E-state index in [-0.39, 0.29) is 11.8 Å². The molecule has 0 spiro atoms. The third-order valence-electron chi connectivity index (χ3n) is 2.02. The molecule has 0 aliphatic heterocycles. The molecule has 0 bridgehead atoms. The van der Waals surface area contributed by atoms with E-state index >= 15 is 0 Å². The summed E-state index contributed by atoms with van der Waals surface area (Å²) in [4.78, 5) is 22.2. The summed E-state index contributed by atoms with van der Waals surface area (Å²) in [6.45, 7) is 4.44. The minimum absolute atomic E-state index is 0.0841. The van der Waals surface area contributed by atoms with Crippen LogP contribution < -0.4 is 16.0 Å². The van der Waals surface area contributed by atoms with Crippen molar-refractivity contribution in [3.8, 4) is 0 Å². The number of anilines is 2. The minimum Gasteiger partial charge on any atom is -0.326 e. The van der Waals surface area contributed by atoms with Crippen molar-refractivity contribution < 1.29 is 9.59 Å². The number of hydrogen-bond donors (Lipinski definition) is 3. The number of rotatable bonds is 5. The summed E-state index contributed by atoms with van der Waals surface area (Å²) in [6, 6.07) is 6.97. The first-order valence-corrected chi connectivity index (χ1v) is 5.50. The molecule has 1 aromatic rings. The third-order valence-corrected chi connectivity index (χ3v) is 2.02. The number of benzene rings is 1. The molecule has 0 heterocycles. The predicted molar refractivity (Wildman–Crippen MR) is 67.9 cm³/mol. The van der Waals surface area contributed by atoms with Gasteiger partial charge in [-0.2, -0.15) is 0 Å². The first kappa shape index (κ1) is 13.2. The highest BCUT2D eigenvalue weighted by Crippen LogP contribution is 2.13. The standard InChI is InChI=1S/C12H17N3O2/c1-3-13-8-12(17)15-11-6-4-10(5-7-11)14-9(2)16/h4-7,13H,3,8H2,1-2H3,(H,14,16)(H,15,17). The van der Waals surface area contributed by atoms with E-state index < -0.39 is 0 Å². The number of hydrogen-bond acceptors (Lipinski definition) is 3. The molecular weight excluding hydrogens is 218 g/mol. The van der Waals surface area contributed by atoms with Crippen molar-refractivity contribution in [1.82, 2.24) is 5.32 Å². The summed E-state index contributed by atoms with van der Waals surface area (Å²) in [5, 5.41) is 8.34. The van der Waals surface area contributed by atoms with Crippen LogP contribution >= 0.6 is 0 Å². The molecule has 0 unspecified atom stereocenters. The van der Waals surface area contributed by atoms with Crippen molar-refractivity contribution in [2.24, 2.45) is 0 Å². The van der Waals surface area contributed by atoms with Crippen LogP contribution in [0.25, 0.3) is 0 Å². The molecule has 0 radical (unpaired) electrons. The monoisotopic (exact) mass is 235 g/mol. The van der Waals surface area contributed by atoms with Gasteiger partial charge in [-0.25, -0.2) is 0 Å². The summed E-state index contributed by atoms with van der Waals surface area (Å²) in [5.41, 5.74) is 1.42. The maximum Gasteiger partial charge on any atom is 0.238 e. The second-order valence-corrected chi connectivity index (χ2v) is 3.59. The lowest BCUT2D eigenvalue weighted by atomic mass is 10.2. The van der Waals surface area contributed by atoms with Crippen LogP contribution in [0.5, 0.6) is 0 Å². The van der Waals surface area contributed by atoms with Crippen LogP contribution in [0, 0.1) is 0 Å². The van der Waals surface area contributed by atoms with E-state index in [9.17, 15) is 9.59 Å². The molecule has 5 heteroatoms. The van der Waals surface area contributed by atoms with Gasteiger partial charge in [0.25, 0.3) is 0 Å². The molecule has 5 nitrogen and oxygen atoms in total. The molecule has 3 N–H and O–H groups in total. The fourth-order valence-corrected chi connectivity index (χ4v) is 1.28.